The molecule has 1 fully saturated rings. The summed E-state index contributed by atoms with van der Waals surface area (Å²) in [5, 5.41) is 12.8. The van der Waals surface area contributed by atoms with Crippen molar-refractivity contribution in [1.82, 2.24) is 5.32 Å². The number of amides is 1. The predicted octanol–water partition coefficient (Wildman–Crippen LogP) is 1.43. The fourth-order valence-corrected chi connectivity index (χ4v) is 2.43. The minimum absolute atomic E-state index is 0.0231. The number of benzene rings is 1. The highest BCUT2D eigenvalue weighted by molar-refractivity contribution is 5.94. The molecule has 0 spiro atoms. The van der Waals surface area contributed by atoms with E-state index in [1.807, 2.05) is 19.9 Å². The van der Waals surface area contributed by atoms with Gasteiger partial charge in [-0.25, -0.2) is 0 Å². The third-order valence-electron chi connectivity index (χ3n) is 3.51. The third-order valence-corrected chi connectivity index (χ3v) is 3.51. The molecule has 1 aliphatic rings. The quantitative estimate of drug-likeness (QED) is 0.874. The van der Waals surface area contributed by atoms with Crippen LogP contribution < -0.4 is 10.2 Å². The van der Waals surface area contributed by atoms with Gasteiger partial charge in [-0.05, 0) is 25.5 Å². The highest BCUT2D eigenvalue weighted by Gasteiger charge is 2.22. The molecule has 20 heavy (non-hydrogen) atoms. The molecule has 110 valence electrons. The molecule has 5 nitrogen and oxygen atoms in total. The van der Waals surface area contributed by atoms with Crippen molar-refractivity contribution in [3.8, 4) is 5.75 Å². The van der Waals surface area contributed by atoms with Crippen molar-refractivity contribution >= 4 is 11.6 Å². The van der Waals surface area contributed by atoms with E-state index in [0.717, 1.165) is 17.8 Å². The van der Waals surface area contributed by atoms with Gasteiger partial charge in [-0.15, -0.1) is 0 Å². The van der Waals surface area contributed by atoms with Gasteiger partial charge < -0.3 is 20.1 Å². The van der Waals surface area contributed by atoms with E-state index in [-0.39, 0.29) is 17.8 Å². The second-order valence-electron chi connectivity index (χ2n) is 5.01. The van der Waals surface area contributed by atoms with Crippen LogP contribution in [-0.4, -0.2) is 43.4 Å². The molecule has 0 aromatic heterocycles. The van der Waals surface area contributed by atoms with Gasteiger partial charge in [0.1, 0.15) is 5.75 Å². The zero-order valence-corrected chi connectivity index (χ0v) is 12.1. The number of ether oxygens (including phenoxy) is 1. The Bertz CT molecular complexity index is 470. The van der Waals surface area contributed by atoms with Crippen LogP contribution in [0.5, 0.6) is 5.75 Å². The summed E-state index contributed by atoms with van der Waals surface area (Å²) in [4.78, 5) is 14.1. The molecule has 0 saturated carbocycles. The van der Waals surface area contributed by atoms with Crippen LogP contribution in [0.2, 0.25) is 0 Å². The maximum Gasteiger partial charge on any atom is 0.229 e. The van der Waals surface area contributed by atoms with Gasteiger partial charge in [0, 0.05) is 25.7 Å². The number of nitrogens with one attached hydrogen (secondary N) is 1. The molecule has 1 aromatic carbocycles. The monoisotopic (exact) mass is 278 g/mol. The zero-order valence-electron chi connectivity index (χ0n) is 12.1. The molecule has 1 heterocycles. The van der Waals surface area contributed by atoms with Gasteiger partial charge in [0.05, 0.1) is 24.8 Å². The summed E-state index contributed by atoms with van der Waals surface area (Å²) in [7, 11) is 0. The number of hydrogen-bond donors (Lipinski definition) is 2. The van der Waals surface area contributed by atoms with Crippen LogP contribution in [-0.2, 0) is 9.53 Å². The lowest BCUT2D eigenvalue weighted by molar-refractivity contribution is -0.121. The molecule has 1 saturated heterocycles. The van der Waals surface area contributed by atoms with Gasteiger partial charge in [0.25, 0.3) is 0 Å². The highest BCUT2D eigenvalue weighted by Crippen LogP contribution is 2.25. The van der Waals surface area contributed by atoms with Gasteiger partial charge in [0.2, 0.25) is 5.91 Å². The Morgan fingerprint density at radius 2 is 2.35 bits per heavy atom. The molecule has 1 atom stereocenters. The van der Waals surface area contributed by atoms with E-state index in [4.69, 9.17) is 4.74 Å². The Kier molecular flexibility index (Phi) is 4.98. The number of aromatic hydroxyl groups is 1. The second-order valence-corrected chi connectivity index (χ2v) is 5.01. The number of carbonyl (C=O) groups excluding carboxylic acids is 1. The average Bonchev–Trinajstić information content (AvgIpc) is 2.44. The summed E-state index contributed by atoms with van der Waals surface area (Å²) >= 11 is 0. The first-order chi connectivity index (χ1) is 9.61. The van der Waals surface area contributed by atoms with Gasteiger partial charge in [-0.2, -0.15) is 0 Å². The van der Waals surface area contributed by atoms with Crippen molar-refractivity contribution in [2.24, 2.45) is 0 Å². The Hall–Kier alpha value is -1.59. The number of anilines is 1. The van der Waals surface area contributed by atoms with Crippen molar-refractivity contribution in [2.45, 2.75) is 26.4 Å². The summed E-state index contributed by atoms with van der Waals surface area (Å²) in [6, 6.07) is 5.08. The molecule has 1 unspecified atom stereocenters. The van der Waals surface area contributed by atoms with E-state index in [9.17, 15) is 9.90 Å². The second kappa shape index (κ2) is 6.72. The van der Waals surface area contributed by atoms with E-state index >= 15 is 0 Å². The van der Waals surface area contributed by atoms with Crippen LogP contribution in [0.4, 0.5) is 5.69 Å². The largest absolute Gasteiger partial charge is 0.508 e. The van der Waals surface area contributed by atoms with Gasteiger partial charge >= 0.3 is 0 Å². The number of nitrogens with zero attached hydrogens (tertiary/aromatic N) is 1. The number of hydrogen-bond acceptors (Lipinski definition) is 4. The number of phenols is 1. The Balaban J connectivity index is 2.10. The lowest BCUT2D eigenvalue weighted by atomic mass is 10.1. The lowest BCUT2D eigenvalue weighted by Gasteiger charge is -2.28. The molecule has 5 heteroatoms. The van der Waals surface area contributed by atoms with E-state index < -0.39 is 0 Å². The molecule has 1 aliphatic heterocycles. The van der Waals surface area contributed by atoms with Crippen molar-refractivity contribution < 1.29 is 14.6 Å². The van der Waals surface area contributed by atoms with Crippen molar-refractivity contribution in [3.63, 3.8) is 0 Å². The zero-order chi connectivity index (χ0) is 14.5. The first-order valence-corrected chi connectivity index (χ1v) is 7.04. The number of aryl methyl sites for hydroxylation is 1. The molecule has 1 aromatic rings. The SMILES string of the molecule is CCN(C(=O)CC1CNCCO1)c1cc(O)ccc1C. The van der Waals surface area contributed by atoms with Crippen molar-refractivity contribution in [3.05, 3.63) is 23.8 Å². The number of morpholine rings is 1. The van der Waals surface area contributed by atoms with Gasteiger partial charge in [0.15, 0.2) is 0 Å². The molecule has 2 N–H and O–H groups in total. The standard InChI is InChI=1S/C15H22N2O3/c1-3-17(14-8-12(18)5-4-11(14)2)15(19)9-13-10-16-6-7-20-13/h4-5,8,13,16,18H,3,6-7,9-10H2,1-2H3. The van der Waals surface area contributed by atoms with Crippen LogP contribution >= 0.6 is 0 Å². The van der Waals surface area contributed by atoms with E-state index in [2.05, 4.69) is 5.32 Å². The van der Waals surface area contributed by atoms with E-state index in [1.165, 1.54) is 0 Å². The molecule has 2 rings (SSSR count). The first kappa shape index (κ1) is 14.8. The first-order valence-electron chi connectivity index (χ1n) is 7.04. The average molecular weight is 278 g/mol. The maximum atomic E-state index is 12.4. The Morgan fingerprint density at radius 3 is 3.00 bits per heavy atom. The number of phenolic OH excluding ortho intramolecular Hbond substituents is 1. The minimum atomic E-state index is -0.0667. The summed E-state index contributed by atoms with van der Waals surface area (Å²) in [5.41, 5.74) is 1.74. The molecule has 0 aliphatic carbocycles. The van der Waals surface area contributed by atoms with Crippen LogP contribution in [0.3, 0.4) is 0 Å². The van der Waals surface area contributed by atoms with Crippen LogP contribution in [0, 0.1) is 6.92 Å². The predicted molar refractivity (Wildman–Crippen MR) is 78.1 cm³/mol. The summed E-state index contributed by atoms with van der Waals surface area (Å²) in [6.07, 6.45) is 0.290. The van der Waals surface area contributed by atoms with Crippen LogP contribution in [0.1, 0.15) is 18.9 Å². The van der Waals surface area contributed by atoms with E-state index in [1.54, 1.807) is 17.0 Å². The Labute approximate surface area is 119 Å². The van der Waals surface area contributed by atoms with Crippen molar-refractivity contribution in [1.29, 1.82) is 0 Å². The summed E-state index contributed by atoms with van der Waals surface area (Å²) in [6.45, 7) is 6.64. The fourth-order valence-electron chi connectivity index (χ4n) is 2.43. The molecular weight excluding hydrogens is 256 g/mol. The maximum absolute atomic E-state index is 12.4. The third kappa shape index (κ3) is 3.49. The minimum Gasteiger partial charge on any atom is -0.508 e. The van der Waals surface area contributed by atoms with Crippen LogP contribution in [0.15, 0.2) is 18.2 Å². The fraction of sp³-hybridized carbons (Fsp3) is 0.533. The van der Waals surface area contributed by atoms with Crippen molar-refractivity contribution in [2.75, 3.05) is 31.1 Å². The van der Waals surface area contributed by atoms with E-state index in [0.29, 0.717) is 26.1 Å². The topological polar surface area (TPSA) is 61.8 Å². The highest BCUT2D eigenvalue weighted by atomic mass is 16.5. The summed E-state index contributed by atoms with van der Waals surface area (Å²) in [5.74, 6) is 0.197. The number of carbonyl (C=O) groups is 1. The molecular formula is C15H22N2O3. The molecule has 1 amide bonds. The lowest BCUT2D eigenvalue weighted by Crippen LogP contribution is -2.42. The van der Waals surface area contributed by atoms with Gasteiger partial charge in [-0.1, -0.05) is 6.07 Å². The Morgan fingerprint density at radius 1 is 1.55 bits per heavy atom. The van der Waals surface area contributed by atoms with Crippen LogP contribution in [0.25, 0.3) is 0 Å². The summed E-state index contributed by atoms with van der Waals surface area (Å²) < 4.78 is 5.57. The smallest absolute Gasteiger partial charge is 0.229 e. The normalized spacial score (nSPS) is 18.8. The molecule has 0 bridgehead atoms. The number of rotatable bonds is 4. The van der Waals surface area contributed by atoms with Gasteiger partial charge in [-0.3, -0.25) is 4.79 Å². The molecule has 0 radical (unpaired) electrons.